The number of piperidine rings is 1. The van der Waals surface area contributed by atoms with Gasteiger partial charge in [0.15, 0.2) is 0 Å². The third-order valence-electron chi connectivity index (χ3n) is 5.10. The molecule has 0 bridgehead atoms. The molecule has 0 unspecified atom stereocenters. The summed E-state index contributed by atoms with van der Waals surface area (Å²) in [4.78, 5) is 14.9. The molecule has 2 heteroatoms. The van der Waals surface area contributed by atoms with Gasteiger partial charge < -0.3 is 4.90 Å². The molecule has 2 fully saturated rings. The number of benzene rings is 1. The monoisotopic (exact) mass is 257 g/mol. The van der Waals surface area contributed by atoms with E-state index in [0.717, 1.165) is 18.7 Å². The number of nitrogens with zero attached hydrogens (tertiary/aromatic N) is 1. The number of likely N-dealkylation sites (tertiary alicyclic amines) is 1. The van der Waals surface area contributed by atoms with Crippen LogP contribution in [0.4, 0.5) is 0 Å². The molecule has 0 N–H and O–H groups in total. The number of rotatable bonds is 2. The molecule has 102 valence electrons. The first kappa shape index (κ1) is 12.7. The molecule has 0 radical (unpaired) electrons. The zero-order valence-corrected chi connectivity index (χ0v) is 12.0. The Morgan fingerprint density at radius 3 is 2.16 bits per heavy atom. The Morgan fingerprint density at radius 1 is 1.05 bits per heavy atom. The summed E-state index contributed by atoms with van der Waals surface area (Å²) in [5.41, 5.74) is 1.34. The van der Waals surface area contributed by atoms with Gasteiger partial charge in [0.05, 0.1) is 5.41 Å². The molecule has 2 nitrogen and oxygen atoms in total. The average molecular weight is 257 g/mol. The molecule has 2 aliphatic rings. The van der Waals surface area contributed by atoms with E-state index < -0.39 is 5.41 Å². The minimum Gasteiger partial charge on any atom is -0.342 e. The van der Waals surface area contributed by atoms with Crippen molar-refractivity contribution in [2.45, 2.75) is 44.9 Å². The molecule has 0 aromatic heterocycles. The van der Waals surface area contributed by atoms with Gasteiger partial charge in [0.1, 0.15) is 0 Å². The Kier molecular flexibility index (Phi) is 2.92. The van der Waals surface area contributed by atoms with Crippen molar-refractivity contribution in [3.8, 4) is 0 Å². The third kappa shape index (κ3) is 2.29. The number of hydrogen-bond donors (Lipinski definition) is 0. The molecule has 1 aliphatic carbocycles. The zero-order valence-electron chi connectivity index (χ0n) is 12.0. The van der Waals surface area contributed by atoms with Crippen LogP contribution in [0.15, 0.2) is 30.3 Å². The van der Waals surface area contributed by atoms with Crippen LogP contribution in [-0.4, -0.2) is 23.9 Å². The van der Waals surface area contributed by atoms with E-state index >= 15 is 0 Å². The minimum atomic E-state index is -0.407. The standard InChI is InChI=1S/C17H23NO/c1-16(2,14-6-4-3-5-7-14)15(19)18-12-10-17(8-9-17)11-13-18/h3-7H,8-13H2,1-2H3. The van der Waals surface area contributed by atoms with Crippen LogP contribution in [0.3, 0.4) is 0 Å². The first-order chi connectivity index (χ1) is 9.04. The van der Waals surface area contributed by atoms with E-state index in [1.54, 1.807) is 0 Å². The number of hydrogen-bond acceptors (Lipinski definition) is 1. The van der Waals surface area contributed by atoms with Crippen molar-refractivity contribution in [1.82, 2.24) is 4.90 Å². The number of carbonyl (C=O) groups excluding carboxylic acids is 1. The van der Waals surface area contributed by atoms with Crippen LogP contribution >= 0.6 is 0 Å². The Labute approximate surface area is 115 Å². The fourth-order valence-electron chi connectivity index (χ4n) is 3.23. The SMILES string of the molecule is CC(C)(C(=O)N1CCC2(CC1)CC2)c1ccccc1. The minimum absolute atomic E-state index is 0.286. The molecule has 0 atom stereocenters. The van der Waals surface area contributed by atoms with E-state index in [1.807, 2.05) is 32.0 Å². The van der Waals surface area contributed by atoms with Crippen molar-refractivity contribution in [2.75, 3.05) is 13.1 Å². The van der Waals surface area contributed by atoms with E-state index in [4.69, 9.17) is 0 Å². The molecule has 3 rings (SSSR count). The molecular formula is C17H23NO. The van der Waals surface area contributed by atoms with E-state index in [9.17, 15) is 4.79 Å². The average Bonchev–Trinajstić information content (AvgIpc) is 3.19. The normalized spacial score (nSPS) is 21.5. The van der Waals surface area contributed by atoms with Crippen LogP contribution in [0.2, 0.25) is 0 Å². The van der Waals surface area contributed by atoms with Crippen LogP contribution in [-0.2, 0) is 10.2 Å². The summed E-state index contributed by atoms with van der Waals surface area (Å²) in [6, 6.07) is 10.1. The van der Waals surface area contributed by atoms with Crippen molar-refractivity contribution in [2.24, 2.45) is 5.41 Å². The summed E-state index contributed by atoms with van der Waals surface area (Å²) in [5.74, 6) is 0.286. The lowest BCUT2D eigenvalue weighted by atomic mass is 9.82. The number of amides is 1. The van der Waals surface area contributed by atoms with Crippen LogP contribution < -0.4 is 0 Å². The first-order valence-corrected chi connectivity index (χ1v) is 7.39. The van der Waals surface area contributed by atoms with Crippen molar-refractivity contribution >= 4 is 5.91 Å². The van der Waals surface area contributed by atoms with E-state index in [-0.39, 0.29) is 5.91 Å². The third-order valence-corrected chi connectivity index (χ3v) is 5.10. The highest BCUT2D eigenvalue weighted by Gasteiger charge is 2.46. The summed E-state index contributed by atoms with van der Waals surface area (Å²) in [6.45, 7) is 6.00. The quantitative estimate of drug-likeness (QED) is 0.795. The summed E-state index contributed by atoms with van der Waals surface area (Å²) in [5, 5.41) is 0. The van der Waals surface area contributed by atoms with Crippen molar-refractivity contribution < 1.29 is 4.79 Å². The van der Waals surface area contributed by atoms with Crippen LogP contribution in [0.25, 0.3) is 0 Å². The first-order valence-electron chi connectivity index (χ1n) is 7.39. The molecule has 1 aromatic carbocycles. The molecular weight excluding hydrogens is 234 g/mol. The molecule has 1 saturated carbocycles. The summed E-state index contributed by atoms with van der Waals surface area (Å²) in [7, 11) is 0. The second-order valence-corrected chi connectivity index (χ2v) is 6.78. The van der Waals surface area contributed by atoms with E-state index in [2.05, 4.69) is 17.0 Å². The topological polar surface area (TPSA) is 20.3 Å². The lowest BCUT2D eigenvalue weighted by molar-refractivity contribution is -0.137. The zero-order chi connectivity index (χ0) is 13.5. The fraction of sp³-hybridized carbons (Fsp3) is 0.588. The van der Waals surface area contributed by atoms with Crippen molar-refractivity contribution in [3.05, 3.63) is 35.9 Å². The Morgan fingerprint density at radius 2 is 1.63 bits per heavy atom. The second-order valence-electron chi connectivity index (χ2n) is 6.78. The molecule has 1 heterocycles. The Bertz CT molecular complexity index is 463. The summed E-state index contributed by atoms with van der Waals surface area (Å²) < 4.78 is 0. The molecule has 1 spiro atoms. The Balaban J connectivity index is 1.72. The van der Waals surface area contributed by atoms with Crippen molar-refractivity contribution in [3.63, 3.8) is 0 Å². The summed E-state index contributed by atoms with van der Waals surface area (Å²) >= 11 is 0. The van der Waals surface area contributed by atoms with Crippen LogP contribution in [0.1, 0.15) is 45.1 Å². The van der Waals surface area contributed by atoms with Gasteiger partial charge in [-0.3, -0.25) is 4.79 Å². The number of carbonyl (C=O) groups is 1. The van der Waals surface area contributed by atoms with Gasteiger partial charge in [0, 0.05) is 13.1 Å². The van der Waals surface area contributed by atoms with Crippen molar-refractivity contribution in [1.29, 1.82) is 0 Å². The maximum absolute atomic E-state index is 12.8. The molecule has 1 aromatic rings. The maximum atomic E-state index is 12.8. The van der Waals surface area contributed by atoms with Gasteiger partial charge in [-0.25, -0.2) is 0 Å². The highest BCUT2D eigenvalue weighted by molar-refractivity contribution is 5.87. The maximum Gasteiger partial charge on any atom is 0.232 e. The van der Waals surface area contributed by atoms with Gasteiger partial charge in [-0.1, -0.05) is 30.3 Å². The molecule has 1 saturated heterocycles. The molecule has 1 amide bonds. The molecule has 19 heavy (non-hydrogen) atoms. The van der Waals surface area contributed by atoms with Crippen LogP contribution in [0, 0.1) is 5.41 Å². The lowest BCUT2D eigenvalue weighted by Gasteiger charge is -2.37. The van der Waals surface area contributed by atoms with E-state index in [0.29, 0.717) is 5.41 Å². The lowest BCUT2D eigenvalue weighted by Crippen LogP contribution is -2.47. The van der Waals surface area contributed by atoms with Gasteiger partial charge in [-0.05, 0) is 50.5 Å². The van der Waals surface area contributed by atoms with Crippen LogP contribution in [0.5, 0.6) is 0 Å². The van der Waals surface area contributed by atoms with Gasteiger partial charge >= 0.3 is 0 Å². The summed E-state index contributed by atoms with van der Waals surface area (Å²) in [6.07, 6.45) is 5.20. The fourth-order valence-corrected chi connectivity index (χ4v) is 3.23. The highest BCUT2D eigenvalue weighted by atomic mass is 16.2. The van der Waals surface area contributed by atoms with Gasteiger partial charge in [-0.15, -0.1) is 0 Å². The van der Waals surface area contributed by atoms with Gasteiger partial charge in [-0.2, -0.15) is 0 Å². The second kappa shape index (κ2) is 4.36. The smallest absolute Gasteiger partial charge is 0.232 e. The Hall–Kier alpha value is -1.31. The van der Waals surface area contributed by atoms with Gasteiger partial charge in [0.2, 0.25) is 5.91 Å². The van der Waals surface area contributed by atoms with Gasteiger partial charge in [0.25, 0.3) is 0 Å². The largest absolute Gasteiger partial charge is 0.342 e. The highest BCUT2D eigenvalue weighted by Crippen LogP contribution is 2.53. The van der Waals surface area contributed by atoms with E-state index in [1.165, 1.54) is 25.7 Å². The molecule has 1 aliphatic heterocycles. The predicted octanol–water partition coefficient (Wildman–Crippen LogP) is 3.37. The predicted molar refractivity (Wildman–Crippen MR) is 76.9 cm³/mol.